The van der Waals surface area contributed by atoms with Crippen LogP contribution in [0, 0.1) is 0 Å². The van der Waals surface area contributed by atoms with Crippen LogP contribution in [-0.2, 0) is 13.0 Å². The Labute approximate surface area is 101 Å². The van der Waals surface area contributed by atoms with E-state index in [0.29, 0.717) is 0 Å². The average molecular weight is 224 g/mol. The van der Waals surface area contributed by atoms with E-state index in [2.05, 4.69) is 47.7 Å². The molecular formula is C15H16N2. The molecule has 0 fully saturated rings. The molecule has 1 aromatic carbocycles. The number of fused-ring (bicyclic) bond motifs is 3. The third-order valence-corrected chi connectivity index (χ3v) is 3.41. The molecule has 86 valence electrons. The summed E-state index contributed by atoms with van der Waals surface area (Å²) in [5.74, 6) is 0. The Morgan fingerprint density at radius 3 is 2.76 bits per heavy atom. The SMILES string of the molecule is CCc1ccc2c(c1)c1cccnc1n2CC. The van der Waals surface area contributed by atoms with Crippen LogP contribution in [0.2, 0.25) is 0 Å². The van der Waals surface area contributed by atoms with E-state index in [9.17, 15) is 0 Å². The van der Waals surface area contributed by atoms with Crippen molar-refractivity contribution < 1.29 is 0 Å². The van der Waals surface area contributed by atoms with E-state index in [4.69, 9.17) is 0 Å². The summed E-state index contributed by atoms with van der Waals surface area (Å²) in [5, 5.41) is 2.59. The number of benzene rings is 1. The van der Waals surface area contributed by atoms with Crippen LogP contribution < -0.4 is 0 Å². The van der Waals surface area contributed by atoms with Crippen LogP contribution >= 0.6 is 0 Å². The highest BCUT2D eigenvalue weighted by atomic mass is 15.0. The second-order valence-electron chi connectivity index (χ2n) is 4.32. The lowest BCUT2D eigenvalue weighted by Gasteiger charge is -2.02. The summed E-state index contributed by atoms with van der Waals surface area (Å²) >= 11 is 0. The first-order valence-electron chi connectivity index (χ1n) is 6.21. The Bertz CT molecular complexity index is 680. The van der Waals surface area contributed by atoms with Crippen LogP contribution in [-0.4, -0.2) is 9.55 Å². The van der Waals surface area contributed by atoms with Crippen molar-refractivity contribution in [3.05, 3.63) is 42.1 Å². The van der Waals surface area contributed by atoms with Crippen molar-refractivity contribution in [1.29, 1.82) is 0 Å². The maximum absolute atomic E-state index is 4.51. The first kappa shape index (κ1) is 10.3. The molecule has 3 aromatic rings. The number of aromatic nitrogens is 2. The second-order valence-corrected chi connectivity index (χ2v) is 4.32. The second kappa shape index (κ2) is 3.88. The van der Waals surface area contributed by atoms with Gasteiger partial charge in [-0.1, -0.05) is 13.0 Å². The van der Waals surface area contributed by atoms with Crippen LogP contribution in [0.1, 0.15) is 19.4 Å². The predicted molar refractivity (Wildman–Crippen MR) is 72.3 cm³/mol. The molecule has 0 aliphatic rings. The van der Waals surface area contributed by atoms with Crippen molar-refractivity contribution in [3.8, 4) is 0 Å². The van der Waals surface area contributed by atoms with Crippen molar-refractivity contribution >= 4 is 21.9 Å². The van der Waals surface area contributed by atoms with Gasteiger partial charge in [0.2, 0.25) is 0 Å². The number of rotatable bonds is 2. The maximum atomic E-state index is 4.51. The third-order valence-electron chi connectivity index (χ3n) is 3.41. The Kier molecular flexibility index (Phi) is 2.36. The Balaban J connectivity index is 2.49. The molecule has 0 amide bonds. The van der Waals surface area contributed by atoms with Crippen LogP contribution in [0.3, 0.4) is 0 Å². The van der Waals surface area contributed by atoms with E-state index in [0.717, 1.165) is 18.6 Å². The van der Waals surface area contributed by atoms with Crippen LogP contribution in [0.15, 0.2) is 36.5 Å². The third kappa shape index (κ3) is 1.44. The van der Waals surface area contributed by atoms with Crippen molar-refractivity contribution in [2.45, 2.75) is 26.8 Å². The quantitative estimate of drug-likeness (QED) is 0.648. The van der Waals surface area contributed by atoms with Crippen molar-refractivity contribution in [2.75, 3.05) is 0 Å². The van der Waals surface area contributed by atoms with Gasteiger partial charge in [0.25, 0.3) is 0 Å². The zero-order valence-electron chi connectivity index (χ0n) is 10.3. The zero-order valence-corrected chi connectivity index (χ0v) is 10.3. The summed E-state index contributed by atoms with van der Waals surface area (Å²) in [5.41, 5.74) is 3.77. The molecule has 0 spiro atoms. The molecule has 0 bridgehead atoms. The highest BCUT2D eigenvalue weighted by molar-refractivity contribution is 6.06. The van der Waals surface area contributed by atoms with Crippen molar-refractivity contribution in [1.82, 2.24) is 9.55 Å². The van der Waals surface area contributed by atoms with Gasteiger partial charge in [-0.15, -0.1) is 0 Å². The molecule has 0 unspecified atom stereocenters. The van der Waals surface area contributed by atoms with Gasteiger partial charge < -0.3 is 4.57 Å². The number of nitrogens with zero attached hydrogens (tertiary/aromatic N) is 2. The Morgan fingerprint density at radius 2 is 2.00 bits per heavy atom. The van der Waals surface area contributed by atoms with Crippen LogP contribution in [0.5, 0.6) is 0 Å². The van der Waals surface area contributed by atoms with Crippen LogP contribution in [0.4, 0.5) is 0 Å². The average Bonchev–Trinajstić information content (AvgIpc) is 2.71. The minimum atomic E-state index is 0.961. The molecular weight excluding hydrogens is 208 g/mol. The van der Waals surface area contributed by atoms with E-state index in [1.54, 1.807) is 0 Å². The molecule has 0 saturated heterocycles. The normalized spacial score (nSPS) is 11.4. The van der Waals surface area contributed by atoms with E-state index < -0.39 is 0 Å². The molecule has 0 radical (unpaired) electrons. The van der Waals surface area contributed by atoms with Gasteiger partial charge >= 0.3 is 0 Å². The summed E-state index contributed by atoms with van der Waals surface area (Å²) < 4.78 is 2.28. The zero-order chi connectivity index (χ0) is 11.8. The van der Waals surface area contributed by atoms with E-state index in [1.807, 2.05) is 12.3 Å². The molecule has 0 atom stereocenters. The molecule has 17 heavy (non-hydrogen) atoms. The van der Waals surface area contributed by atoms with Gasteiger partial charge in [-0.2, -0.15) is 0 Å². The first-order chi connectivity index (χ1) is 8.35. The predicted octanol–water partition coefficient (Wildman–Crippen LogP) is 3.77. The summed E-state index contributed by atoms with van der Waals surface area (Å²) in [6.07, 6.45) is 2.95. The van der Waals surface area contributed by atoms with Gasteiger partial charge in [-0.3, -0.25) is 0 Å². The number of pyridine rings is 1. The number of hydrogen-bond acceptors (Lipinski definition) is 1. The van der Waals surface area contributed by atoms with Crippen molar-refractivity contribution in [3.63, 3.8) is 0 Å². The largest absolute Gasteiger partial charge is 0.326 e. The monoisotopic (exact) mass is 224 g/mol. The minimum absolute atomic E-state index is 0.961. The highest BCUT2D eigenvalue weighted by Gasteiger charge is 2.09. The van der Waals surface area contributed by atoms with E-state index >= 15 is 0 Å². The Morgan fingerprint density at radius 1 is 1.12 bits per heavy atom. The Hall–Kier alpha value is -1.83. The fourth-order valence-corrected chi connectivity index (χ4v) is 2.51. The topological polar surface area (TPSA) is 17.8 Å². The van der Waals surface area contributed by atoms with Gasteiger partial charge in [0, 0.05) is 23.5 Å². The summed E-state index contributed by atoms with van der Waals surface area (Å²) in [6, 6.07) is 10.9. The summed E-state index contributed by atoms with van der Waals surface area (Å²) in [6.45, 7) is 5.32. The smallest absolute Gasteiger partial charge is 0.140 e. The van der Waals surface area contributed by atoms with E-state index in [1.165, 1.54) is 21.9 Å². The minimum Gasteiger partial charge on any atom is -0.326 e. The van der Waals surface area contributed by atoms with Gasteiger partial charge in [0.05, 0.1) is 5.52 Å². The van der Waals surface area contributed by atoms with Crippen molar-refractivity contribution in [2.24, 2.45) is 0 Å². The first-order valence-corrected chi connectivity index (χ1v) is 6.21. The fraction of sp³-hybridized carbons (Fsp3) is 0.267. The lowest BCUT2D eigenvalue weighted by Crippen LogP contribution is -1.94. The van der Waals surface area contributed by atoms with Gasteiger partial charge in [0.1, 0.15) is 5.65 Å². The lowest BCUT2D eigenvalue weighted by molar-refractivity contribution is 0.816. The summed E-state index contributed by atoms with van der Waals surface area (Å²) in [4.78, 5) is 4.51. The molecule has 0 aliphatic carbocycles. The fourth-order valence-electron chi connectivity index (χ4n) is 2.51. The molecule has 2 heteroatoms. The van der Waals surface area contributed by atoms with Gasteiger partial charge in [-0.05, 0) is 43.2 Å². The molecule has 2 aromatic heterocycles. The number of aryl methyl sites for hydroxylation is 2. The lowest BCUT2D eigenvalue weighted by atomic mass is 10.1. The summed E-state index contributed by atoms with van der Waals surface area (Å²) in [7, 11) is 0. The van der Waals surface area contributed by atoms with Gasteiger partial charge in [-0.25, -0.2) is 4.98 Å². The maximum Gasteiger partial charge on any atom is 0.140 e. The molecule has 0 saturated carbocycles. The molecule has 2 heterocycles. The standard InChI is InChI=1S/C15H16N2/c1-3-11-7-8-14-13(10-11)12-6-5-9-16-15(12)17(14)4-2/h5-10H,3-4H2,1-2H3. The molecule has 2 nitrogen and oxygen atoms in total. The van der Waals surface area contributed by atoms with E-state index in [-0.39, 0.29) is 0 Å². The molecule has 0 N–H and O–H groups in total. The van der Waals surface area contributed by atoms with Crippen LogP contribution in [0.25, 0.3) is 21.9 Å². The molecule has 0 aliphatic heterocycles. The highest BCUT2D eigenvalue weighted by Crippen LogP contribution is 2.28. The molecule has 3 rings (SSSR count). The number of hydrogen-bond donors (Lipinski definition) is 0. The van der Waals surface area contributed by atoms with Gasteiger partial charge in [0.15, 0.2) is 0 Å².